The van der Waals surface area contributed by atoms with Gasteiger partial charge in [0.25, 0.3) is 0 Å². The number of hydrogen-bond donors (Lipinski definition) is 0. The van der Waals surface area contributed by atoms with Crippen LogP contribution in [0.5, 0.6) is 0 Å². The number of carbonyl (C=O) groups is 3. The number of rotatable bonds is 7. The normalized spacial score (nSPS) is 8.50. The maximum atomic E-state index is 9.26. The van der Waals surface area contributed by atoms with Crippen LogP contribution in [0.2, 0.25) is 0 Å². The molecule has 2 rings (SSSR count). The zero-order valence-corrected chi connectivity index (χ0v) is 20.3. The standard InChI is InChI=1S/2C7H7.3C3H6O2.Sb/c2*1-7-5-3-2-4-6-7;3*1-2-3(4)5;/h2*2-6H,1H2;3*2H2,1H3,(H,4,5);/q;;;;;+3/p-3. The van der Waals surface area contributed by atoms with Gasteiger partial charge in [0.2, 0.25) is 0 Å². The average Bonchev–Trinajstić information content (AvgIpc) is 2.76. The molecule has 0 radical (unpaired) electrons. The SMILES string of the molecule is CCC(=O)[O-].CCC(=O)[O-].CCC(=O)[O-].c1ccc([CH2][Sb+3][CH2]c2ccccc2)cc1. The van der Waals surface area contributed by atoms with Gasteiger partial charge in [0, 0.05) is 17.9 Å². The number of carboxylic acids is 3. The van der Waals surface area contributed by atoms with Gasteiger partial charge < -0.3 is 29.7 Å². The maximum absolute atomic E-state index is 9.26. The zero-order chi connectivity index (χ0) is 23.2. The van der Waals surface area contributed by atoms with E-state index < -0.39 is 17.9 Å². The van der Waals surface area contributed by atoms with E-state index in [1.165, 1.54) is 40.6 Å². The minimum atomic E-state index is -0.995. The summed E-state index contributed by atoms with van der Waals surface area (Å²) in [5, 5.41) is 27.8. The molecule has 0 spiro atoms. The van der Waals surface area contributed by atoms with E-state index in [9.17, 15) is 29.7 Å². The molecule has 0 aliphatic heterocycles. The molecule has 0 saturated heterocycles. The Labute approximate surface area is 189 Å². The zero-order valence-electron chi connectivity index (χ0n) is 17.7. The van der Waals surface area contributed by atoms with E-state index in [0.29, 0.717) is 0 Å². The second-order valence-electron chi connectivity index (χ2n) is 5.69. The predicted molar refractivity (Wildman–Crippen MR) is 112 cm³/mol. The van der Waals surface area contributed by atoms with Gasteiger partial charge in [0.1, 0.15) is 0 Å². The molecule has 7 heteroatoms. The predicted octanol–water partition coefficient (Wildman–Crippen LogP) is 0.530. The van der Waals surface area contributed by atoms with E-state index in [1.54, 1.807) is 0 Å². The first kappa shape index (κ1) is 29.9. The van der Waals surface area contributed by atoms with Crippen LogP contribution in [0, 0.1) is 0 Å². The van der Waals surface area contributed by atoms with E-state index in [1.807, 2.05) is 0 Å². The molecule has 0 atom stereocenters. The topological polar surface area (TPSA) is 120 Å². The van der Waals surface area contributed by atoms with Crippen molar-refractivity contribution in [3.05, 3.63) is 71.8 Å². The van der Waals surface area contributed by atoms with Crippen LogP contribution in [-0.2, 0) is 23.1 Å². The molecular formula is C23H29O6Sb. The number of carboxylic acid groups (broad SMARTS) is 3. The molecule has 0 aromatic heterocycles. The van der Waals surface area contributed by atoms with Crippen molar-refractivity contribution in [1.82, 2.24) is 0 Å². The van der Waals surface area contributed by atoms with Crippen molar-refractivity contribution >= 4 is 39.5 Å². The minimum absolute atomic E-state index is 0.0825. The van der Waals surface area contributed by atoms with Gasteiger partial charge in [-0.3, -0.25) is 0 Å². The Morgan fingerprint density at radius 2 is 0.833 bits per heavy atom. The van der Waals surface area contributed by atoms with Crippen LogP contribution < -0.4 is 15.3 Å². The fraction of sp³-hybridized carbons (Fsp3) is 0.348. The Bertz CT molecular complexity index is 617. The fourth-order valence-corrected chi connectivity index (χ4v) is 4.48. The molecule has 0 heterocycles. The molecule has 30 heavy (non-hydrogen) atoms. The first-order valence-electron chi connectivity index (χ1n) is 9.57. The number of benzene rings is 2. The van der Waals surface area contributed by atoms with Gasteiger partial charge in [0.15, 0.2) is 0 Å². The van der Waals surface area contributed by atoms with Crippen molar-refractivity contribution in [2.45, 2.75) is 48.8 Å². The van der Waals surface area contributed by atoms with Gasteiger partial charge in [-0.05, 0) is 19.3 Å². The molecule has 0 N–H and O–H groups in total. The van der Waals surface area contributed by atoms with Gasteiger partial charge in [-0.1, -0.05) is 20.8 Å². The quantitative estimate of drug-likeness (QED) is 0.489. The van der Waals surface area contributed by atoms with Crippen LogP contribution >= 0.6 is 0 Å². The molecule has 0 unspecified atom stereocenters. The Morgan fingerprint density at radius 1 is 0.600 bits per heavy atom. The van der Waals surface area contributed by atoms with Gasteiger partial charge in [-0.25, -0.2) is 0 Å². The third-order valence-corrected chi connectivity index (χ3v) is 6.50. The first-order valence-corrected chi connectivity index (χ1v) is 13.2. The molecule has 6 nitrogen and oxygen atoms in total. The molecule has 0 aliphatic rings. The Hall–Kier alpha value is -2.33. The van der Waals surface area contributed by atoms with Crippen LogP contribution in [0.15, 0.2) is 60.7 Å². The summed E-state index contributed by atoms with van der Waals surface area (Å²) in [6.07, 6.45) is 0.333. The van der Waals surface area contributed by atoms with Gasteiger partial charge >= 0.3 is 102 Å². The number of hydrogen-bond acceptors (Lipinski definition) is 6. The number of aliphatic carboxylic acids is 3. The summed E-state index contributed by atoms with van der Waals surface area (Å²) < 4.78 is 2.65. The average molecular weight is 523 g/mol. The monoisotopic (exact) mass is 522 g/mol. The Balaban J connectivity index is 0. The van der Waals surface area contributed by atoms with Crippen molar-refractivity contribution in [3.8, 4) is 0 Å². The van der Waals surface area contributed by atoms with E-state index in [4.69, 9.17) is 0 Å². The summed E-state index contributed by atoms with van der Waals surface area (Å²) >= 11 is -0.0825. The molecule has 0 aliphatic carbocycles. The van der Waals surface area contributed by atoms with Crippen molar-refractivity contribution < 1.29 is 29.7 Å². The molecule has 0 fully saturated rings. The Morgan fingerprint density at radius 3 is 1.03 bits per heavy atom. The summed E-state index contributed by atoms with van der Waals surface area (Å²) in [5.41, 5.74) is 3.01. The van der Waals surface area contributed by atoms with Gasteiger partial charge in [-0.15, -0.1) is 0 Å². The molecule has 0 amide bonds. The van der Waals surface area contributed by atoms with Gasteiger partial charge in [0.05, 0.1) is 0 Å². The van der Waals surface area contributed by atoms with E-state index in [-0.39, 0.29) is 40.9 Å². The van der Waals surface area contributed by atoms with Crippen LogP contribution in [0.1, 0.15) is 51.2 Å². The summed E-state index contributed by atoms with van der Waals surface area (Å²) in [6.45, 7) is 4.61. The van der Waals surface area contributed by atoms with Crippen molar-refractivity contribution in [3.63, 3.8) is 0 Å². The molecule has 162 valence electrons. The molecule has 2 aromatic carbocycles. The second kappa shape index (κ2) is 21.4. The summed E-state index contributed by atoms with van der Waals surface area (Å²) in [7, 11) is 0. The summed E-state index contributed by atoms with van der Waals surface area (Å²) in [4.78, 5) is 27.8. The van der Waals surface area contributed by atoms with Crippen molar-refractivity contribution in [2.24, 2.45) is 0 Å². The molecule has 0 bridgehead atoms. The fourth-order valence-electron chi connectivity index (χ4n) is 1.48. The third kappa shape index (κ3) is 23.7. The van der Waals surface area contributed by atoms with Crippen LogP contribution in [0.4, 0.5) is 0 Å². The molecular weight excluding hydrogens is 494 g/mol. The second-order valence-corrected chi connectivity index (χ2v) is 8.77. The van der Waals surface area contributed by atoms with E-state index in [0.717, 1.165) is 0 Å². The van der Waals surface area contributed by atoms with Crippen molar-refractivity contribution in [2.75, 3.05) is 0 Å². The van der Waals surface area contributed by atoms with Crippen molar-refractivity contribution in [1.29, 1.82) is 0 Å². The van der Waals surface area contributed by atoms with Gasteiger partial charge in [-0.2, -0.15) is 0 Å². The first-order chi connectivity index (χ1) is 14.3. The molecule has 0 saturated carbocycles. The van der Waals surface area contributed by atoms with Crippen LogP contribution in [0.25, 0.3) is 0 Å². The summed E-state index contributed by atoms with van der Waals surface area (Å²) in [6, 6.07) is 21.7. The van der Waals surface area contributed by atoms with Crippen LogP contribution in [0.3, 0.4) is 0 Å². The van der Waals surface area contributed by atoms with E-state index >= 15 is 0 Å². The van der Waals surface area contributed by atoms with Crippen LogP contribution in [-0.4, -0.2) is 39.5 Å². The molecule has 2 aromatic rings. The summed E-state index contributed by atoms with van der Waals surface area (Å²) in [5.74, 6) is -2.99. The Kier molecular flexibility index (Phi) is 21.3. The third-order valence-electron chi connectivity index (χ3n) is 3.14. The van der Waals surface area contributed by atoms with E-state index in [2.05, 4.69) is 60.7 Å². The number of carbonyl (C=O) groups excluding carboxylic acids is 3.